The van der Waals surface area contributed by atoms with Crippen molar-refractivity contribution in [2.24, 2.45) is 0 Å². The normalized spacial score (nSPS) is 16.8. The molecule has 124 valence electrons. The maximum Gasteiger partial charge on any atom is 0.152 e. The van der Waals surface area contributed by atoms with Crippen molar-refractivity contribution >= 4 is 0 Å². The van der Waals surface area contributed by atoms with Crippen LogP contribution in [0.1, 0.15) is 31.1 Å². The Bertz CT molecular complexity index is 650. The molecule has 2 aromatic heterocycles. The van der Waals surface area contributed by atoms with Crippen LogP contribution in [0, 0.1) is 6.92 Å². The minimum atomic E-state index is 0.567. The van der Waals surface area contributed by atoms with Crippen LogP contribution in [0.5, 0.6) is 0 Å². The monoisotopic (exact) mass is 314 g/mol. The Labute approximate surface area is 137 Å². The van der Waals surface area contributed by atoms with Gasteiger partial charge >= 0.3 is 0 Å². The summed E-state index contributed by atoms with van der Waals surface area (Å²) in [5, 5.41) is 10.9. The summed E-state index contributed by atoms with van der Waals surface area (Å²) in [5.41, 5.74) is 3.38. The summed E-state index contributed by atoms with van der Waals surface area (Å²) in [4.78, 5) is 2.48. The van der Waals surface area contributed by atoms with E-state index in [4.69, 9.17) is 4.42 Å². The van der Waals surface area contributed by atoms with Gasteiger partial charge < -0.3 is 9.73 Å². The van der Waals surface area contributed by atoms with E-state index in [1.807, 2.05) is 25.3 Å². The summed E-state index contributed by atoms with van der Waals surface area (Å²) in [5.74, 6) is 1.77. The van der Waals surface area contributed by atoms with Gasteiger partial charge in [-0.05, 0) is 51.9 Å². The van der Waals surface area contributed by atoms with E-state index in [-0.39, 0.29) is 0 Å². The summed E-state index contributed by atoms with van der Waals surface area (Å²) < 4.78 is 5.70. The van der Waals surface area contributed by atoms with Crippen molar-refractivity contribution in [3.05, 3.63) is 41.8 Å². The fraction of sp³-hybridized carbons (Fsp3) is 0.500. The van der Waals surface area contributed by atoms with Crippen LogP contribution in [0.2, 0.25) is 0 Å². The standard InChI is InChI=1S/C18H26N4O/c1-13(2)12-22-8-6-16(7-9-22)19-10-15-11-20-21-18(15)17-5-4-14(3)23-17/h4-5,11,16,19H,1,6-10,12H2,2-3H3,(H,20,21). The number of nitrogens with zero attached hydrogens (tertiary/aromatic N) is 2. The Morgan fingerprint density at radius 2 is 2.22 bits per heavy atom. The minimum absolute atomic E-state index is 0.567. The Hall–Kier alpha value is -1.85. The third-order valence-corrected chi connectivity index (χ3v) is 4.37. The first-order chi connectivity index (χ1) is 11.1. The molecule has 23 heavy (non-hydrogen) atoms. The second kappa shape index (κ2) is 7.15. The van der Waals surface area contributed by atoms with E-state index in [0.717, 1.165) is 49.0 Å². The zero-order valence-corrected chi connectivity index (χ0v) is 14.1. The van der Waals surface area contributed by atoms with E-state index in [1.54, 1.807) is 0 Å². The van der Waals surface area contributed by atoms with Crippen molar-refractivity contribution in [1.29, 1.82) is 0 Å². The number of hydrogen-bond donors (Lipinski definition) is 2. The Balaban J connectivity index is 1.52. The summed E-state index contributed by atoms with van der Waals surface area (Å²) in [6.45, 7) is 12.2. The molecule has 1 aliphatic heterocycles. The zero-order valence-electron chi connectivity index (χ0n) is 14.1. The number of furan rings is 1. The van der Waals surface area contributed by atoms with Gasteiger partial charge in [0.05, 0.1) is 6.20 Å². The maximum absolute atomic E-state index is 5.70. The molecule has 0 saturated carbocycles. The van der Waals surface area contributed by atoms with E-state index in [0.29, 0.717) is 6.04 Å². The van der Waals surface area contributed by atoms with Crippen molar-refractivity contribution in [3.8, 4) is 11.5 Å². The maximum atomic E-state index is 5.70. The number of piperidine rings is 1. The molecule has 1 fully saturated rings. The molecule has 0 bridgehead atoms. The first kappa shape index (κ1) is 16.0. The lowest BCUT2D eigenvalue weighted by Gasteiger charge is -2.32. The van der Waals surface area contributed by atoms with Crippen molar-refractivity contribution in [2.75, 3.05) is 19.6 Å². The predicted octanol–water partition coefficient (Wildman–Crippen LogP) is 3.11. The number of aryl methyl sites for hydroxylation is 1. The van der Waals surface area contributed by atoms with Crippen molar-refractivity contribution < 1.29 is 4.42 Å². The Morgan fingerprint density at radius 3 is 2.87 bits per heavy atom. The average molecular weight is 314 g/mol. The molecule has 0 aliphatic carbocycles. The zero-order chi connectivity index (χ0) is 16.2. The van der Waals surface area contributed by atoms with Crippen LogP contribution in [-0.2, 0) is 6.54 Å². The highest BCUT2D eigenvalue weighted by atomic mass is 16.3. The largest absolute Gasteiger partial charge is 0.460 e. The van der Waals surface area contributed by atoms with E-state index >= 15 is 0 Å². The molecule has 0 unspecified atom stereocenters. The Kier molecular flexibility index (Phi) is 4.98. The third-order valence-electron chi connectivity index (χ3n) is 4.37. The molecule has 3 rings (SSSR count). The number of rotatable bonds is 6. The van der Waals surface area contributed by atoms with Gasteiger partial charge in [0.1, 0.15) is 11.5 Å². The second-order valence-corrected chi connectivity index (χ2v) is 6.57. The van der Waals surface area contributed by atoms with Crippen molar-refractivity contribution in [1.82, 2.24) is 20.4 Å². The molecular weight excluding hydrogens is 288 g/mol. The topological polar surface area (TPSA) is 57.1 Å². The van der Waals surface area contributed by atoms with Crippen molar-refractivity contribution in [3.63, 3.8) is 0 Å². The number of aromatic amines is 1. The third kappa shape index (κ3) is 4.12. The molecule has 0 radical (unpaired) electrons. The molecule has 0 spiro atoms. The number of H-pyrrole nitrogens is 1. The molecule has 1 aliphatic rings. The lowest BCUT2D eigenvalue weighted by molar-refractivity contribution is 0.211. The summed E-state index contributed by atoms with van der Waals surface area (Å²) in [6.07, 6.45) is 4.25. The smallest absolute Gasteiger partial charge is 0.152 e. The van der Waals surface area contributed by atoms with Crippen LogP contribution >= 0.6 is 0 Å². The number of nitrogens with one attached hydrogen (secondary N) is 2. The van der Waals surface area contributed by atoms with Crippen LogP contribution in [0.25, 0.3) is 11.5 Å². The van der Waals surface area contributed by atoms with E-state index < -0.39 is 0 Å². The quantitative estimate of drug-likeness (QED) is 0.804. The van der Waals surface area contributed by atoms with Gasteiger partial charge in [-0.2, -0.15) is 5.10 Å². The predicted molar refractivity (Wildman–Crippen MR) is 92.1 cm³/mol. The molecular formula is C18H26N4O. The molecule has 1 saturated heterocycles. The van der Waals surface area contributed by atoms with Crippen LogP contribution in [0.15, 0.2) is 34.9 Å². The SMILES string of the molecule is C=C(C)CN1CCC(NCc2cn[nH]c2-c2ccc(C)o2)CC1. The lowest BCUT2D eigenvalue weighted by Crippen LogP contribution is -2.42. The first-order valence-electron chi connectivity index (χ1n) is 8.31. The van der Waals surface area contributed by atoms with Gasteiger partial charge in [0, 0.05) is 24.7 Å². The number of hydrogen-bond acceptors (Lipinski definition) is 4. The minimum Gasteiger partial charge on any atom is -0.460 e. The summed E-state index contributed by atoms with van der Waals surface area (Å²) in [6, 6.07) is 4.53. The van der Waals surface area contributed by atoms with Gasteiger partial charge in [0.15, 0.2) is 5.76 Å². The van der Waals surface area contributed by atoms with Crippen molar-refractivity contribution in [2.45, 2.75) is 39.3 Å². The average Bonchev–Trinajstić information content (AvgIpc) is 3.14. The number of likely N-dealkylation sites (tertiary alicyclic amines) is 1. The van der Waals surface area contributed by atoms with Gasteiger partial charge in [-0.15, -0.1) is 0 Å². The highest BCUT2D eigenvalue weighted by molar-refractivity contribution is 5.56. The van der Waals surface area contributed by atoms with Gasteiger partial charge in [-0.1, -0.05) is 12.2 Å². The molecule has 3 heterocycles. The molecule has 0 aromatic carbocycles. The lowest BCUT2D eigenvalue weighted by atomic mass is 10.0. The van der Waals surface area contributed by atoms with Gasteiger partial charge in [-0.25, -0.2) is 0 Å². The fourth-order valence-electron chi connectivity index (χ4n) is 3.16. The van der Waals surface area contributed by atoms with Crippen LogP contribution in [0.3, 0.4) is 0 Å². The highest BCUT2D eigenvalue weighted by Crippen LogP contribution is 2.23. The molecule has 5 heteroatoms. The molecule has 5 nitrogen and oxygen atoms in total. The Morgan fingerprint density at radius 1 is 1.43 bits per heavy atom. The summed E-state index contributed by atoms with van der Waals surface area (Å²) >= 11 is 0. The van der Waals surface area contributed by atoms with Crippen LogP contribution in [-0.4, -0.2) is 40.8 Å². The fourth-order valence-corrected chi connectivity index (χ4v) is 3.16. The summed E-state index contributed by atoms with van der Waals surface area (Å²) in [7, 11) is 0. The molecule has 0 amide bonds. The van der Waals surface area contributed by atoms with E-state index in [1.165, 1.54) is 18.4 Å². The molecule has 2 N–H and O–H groups in total. The van der Waals surface area contributed by atoms with Crippen LogP contribution in [0.4, 0.5) is 0 Å². The number of aromatic nitrogens is 2. The molecule has 0 atom stereocenters. The second-order valence-electron chi connectivity index (χ2n) is 6.57. The van der Waals surface area contributed by atoms with E-state index in [2.05, 4.69) is 33.9 Å². The van der Waals surface area contributed by atoms with Gasteiger partial charge in [-0.3, -0.25) is 10.00 Å². The van der Waals surface area contributed by atoms with Gasteiger partial charge in [0.2, 0.25) is 0 Å². The molecule has 2 aromatic rings. The van der Waals surface area contributed by atoms with E-state index in [9.17, 15) is 0 Å². The van der Waals surface area contributed by atoms with Crippen LogP contribution < -0.4 is 5.32 Å². The highest BCUT2D eigenvalue weighted by Gasteiger charge is 2.19. The van der Waals surface area contributed by atoms with Gasteiger partial charge in [0.25, 0.3) is 0 Å². The first-order valence-corrected chi connectivity index (χ1v) is 8.31.